The van der Waals surface area contributed by atoms with E-state index >= 15 is 0 Å². The van der Waals surface area contributed by atoms with E-state index in [1.807, 2.05) is 51.1 Å². The number of amides is 3. The van der Waals surface area contributed by atoms with Crippen LogP contribution in [0.15, 0.2) is 54.6 Å². The normalized spacial score (nSPS) is 12.7. The van der Waals surface area contributed by atoms with Crippen molar-refractivity contribution in [3.8, 4) is 12.3 Å². The van der Waals surface area contributed by atoms with Crippen molar-refractivity contribution >= 4 is 17.9 Å². The van der Waals surface area contributed by atoms with Gasteiger partial charge >= 0.3 is 6.09 Å². The largest absolute Gasteiger partial charge is 0.444 e. The number of nitrogens with one attached hydrogen (secondary N) is 2. The monoisotopic (exact) mass is 505 g/mol. The van der Waals surface area contributed by atoms with Gasteiger partial charge in [0.1, 0.15) is 17.7 Å². The number of terminal acetylenes is 1. The molecule has 37 heavy (non-hydrogen) atoms. The van der Waals surface area contributed by atoms with Crippen LogP contribution in [0.3, 0.4) is 0 Å². The molecule has 0 spiro atoms. The minimum Gasteiger partial charge on any atom is -0.444 e. The van der Waals surface area contributed by atoms with E-state index in [1.54, 1.807) is 45.0 Å². The molecule has 0 aliphatic heterocycles. The van der Waals surface area contributed by atoms with E-state index in [9.17, 15) is 14.4 Å². The van der Waals surface area contributed by atoms with E-state index in [-0.39, 0.29) is 24.9 Å². The molecule has 0 aliphatic carbocycles. The fourth-order valence-corrected chi connectivity index (χ4v) is 3.99. The van der Waals surface area contributed by atoms with Crippen LogP contribution in [0.5, 0.6) is 0 Å². The Kier molecular flexibility index (Phi) is 10.7. The molecule has 2 unspecified atom stereocenters. The zero-order chi connectivity index (χ0) is 27.6. The van der Waals surface area contributed by atoms with Gasteiger partial charge in [-0.1, -0.05) is 61.4 Å². The molecule has 7 nitrogen and oxygen atoms in total. The van der Waals surface area contributed by atoms with Gasteiger partial charge in [0, 0.05) is 24.6 Å². The fraction of sp³-hybridized carbons (Fsp3) is 0.433. The van der Waals surface area contributed by atoms with Crippen LogP contribution in [0.25, 0.3) is 0 Å². The summed E-state index contributed by atoms with van der Waals surface area (Å²) in [4.78, 5) is 42.0. The lowest BCUT2D eigenvalue weighted by Gasteiger charge is -2.35. The number of ether oxygens (including phenoxy) is 1. The number of rotatable bonds is 10. The topological polar surface area (TPSA) is 87.7 Å². The van der Waals surface area contributed by atoms with Crippen molar-refractivity contribution < 1.29 is 19.1 Å². The van der Waals surface area contributed by atoms with Gasteiger partial charge in [0.25, 0.3) is 0 Å². The van der Waals surface area contributed by atoms with Gasteiger partial charge in [0.2, 0.25) is 11.8 Å². The van der Waals surface area contributed by atoms with Gasteiger partial charge in [0.05, 0.1) is 0 Å². The lowest BCUT2D eigenvalue weighted by molar-refractivity contribution is -0.142. The summed E-state index contributed by atoms with van der Waals surface area (Å²) < 4.78 is 5.45. The first kappa shape index (κ1) is 29.4. The van der Waals surface area contributed by atoms with E-state index in [0.29, 0.717) is 17.5 Å². The molecule has 0 heterocycles. The van der Waals surface area contributed by atoms with E-state index < -0.39 is 29.7 Å². The van der Waals surface area contributed by atoms with Gasteiger partial charge in [-0.25, -0.2) is 4.79 Å². The molecular weight excluding hydrogens is 466 g/mol. The second-order valence-electron chi connectivity index (χ2n) is 10.2. The van der Waals surface area contributed by atoms with Crippen molar-refractivity contribution in [2.45, 2.75) is 78.1 Å². The maximum atomic E-state index is 14.2. The number of hydrogen-bond acceptors (Lipinski definition) is 4. The highest BCUT2D eigenvalue weighted by Crippen LogP contribution is 2.26. The number of nitrogens with zero attached hydrogens (tertiary/aromatic N) is 1. The van der Waals surface area contributed by atoms with Crippen LogP contribution in [0, 0.1) is 12.3 Å². The first-order chi connectivity index (χ1) is 17.5. The summed E-state index contributed by atoms with van der Waals surface area (Å²) >= 11 is 0. The molecule has 0 radical (unpaired) electrons. The molecule has 2 aromatic rings. The van der Waals surface area contributed by atoms with E-state index in [0.717, 1.165) is 5.56 Å². The van der Waals surface area contributed by atoms with Gasteiger partial charge in [-0.3, -0.25) is 9.59 Å². The predicted molar refractivity (Wildman–Crippen MR) is 146 cm³/mol. The molecule has 7 heteroatoms. The Hall–Kier alpha value is -3.79. The molecule has 0 bridgehead atoms. The molecule has 0 saturated carbocycles. The van der Waals surface area contributed by atoms with Crippen LogP contribution < -0.4 is 10.6 Å². The first-order valence-electron chi connectivity index (χ1n) is 12.7. The zero-order valence-electron chi connectivity index (χ0n) is 22.7. The molecule has 0 saturated heterocycles. The second kappa shape index (κ2) is 13.5. The highest BCUT2D eigenvalue weighted by atomic mass is 16.6. The third-order valence-corrected chi connectivity index (χ3v) is 5.42. The smallest absolute Gasteiger partial charge is 0.408 e. The summed E-state index contributed by atoms with van der Waals surface area (Å²) in [5.74, 6) is 1.91. The third kappa shape index (κ3) is 8.98. The van der Waals surface area contributed by atoms with Crippen molar-refractivity contribution in [3.63, 3.8) is 0 Å². The predicted octanol–water partition coefficient (Wildman–Crippen LogP) is 4.61. The van der Waals surface area contributed by atoms with Crippen LogP contribution in [0.4, 0.5) is 4.79 Å². The minimum absolute atomic E-state index is 0.147. The van der Waals surface area contributed by atoms with E-state index in [2.05, 4.69) is 16.6 Å². The zero-order valence-corrected chi connectivity index (χ0v) is 22.7. The molecule has 3 amide bonds. The van der Waals surface area contributed by atoms with Gasteiger partial charge < -0.3 is 20.3 Å². The molecule has 0 aromatic heterocycles. The highest BCUT2D eigenvalue weighted by molar-refractivity contribution is 5.92. The lowest BCUT2D eigenvalue weighted by atomic mass is 9.96. The molecule has 2 aromatic carbocycles. The summed E-state index contributed by atoms with van der Waals surface area (Å²) in [6, 6.07) is 14.4. The Morgan fingerprint density at radius 3 is 2.19 bits per heavy atom. The van der Waals surface area contributed by atoms with Crippen LogP contribution >= 0.6 is 0 Å². The second-order valence-corrected chi connectivity index (χ2v) is 10.2. The quantitative estimate of drug-likeness (QED) is 0.462. The minimum atomic E-state index is -0.971. The summed E-state index contributed by atoms with van der Waals surface area (Å²) in [6.07, 6.45) is 5.89. The van der Waals surface area contributed by atoms with Crippen molar-refractivity contribution in [1.29, 1.82) is 0 Å². The Labute approximate surface area is 221 Å². The maximum Gasteiger partial charge on any atom is 0.408 e. The van der Waals surface area contributed by atoms with Crippen molar-refractivity contribution in [2.24, 2.45) is 0 Å². The number of carbonyl (C=O) groups excluding carboxylic acids is 3. The van der Waals surface area contributed by atoms with Gasteiger partial charge in [-0.05, 0) is 58.2 Å². The Morgan fingerprint density at radius 1 is 1.00 bits per heavy atom. The number of alkyl carbamates (subject to hydrolysis) is 1. The first-order valence-corrected chi connectivity index (χ1v) is 12.7. The summed E-state index contributed by atoms with van der Waals surface area (Å²) in [5, 5.41) is 5.68. The van der Waals surface area contributed by atoms with Crippen LogP contribution in [0.2, 0.25) is 0 Å². The van der Waals surface area contributed by atoms with E-state index in [1.165, 1.54) is 4.90 Å². The molecule has 0 fully saturated rings. The van der Waals surface area contributed by atoms with Crippen molar-refractivity contribution in [2.75, 3.05) is 6.54 Å². The fourth-order valence-electron chi connectivity index (χ4n) is 3.99. The molecule has 198 valence electrons. The number of benzene rings is 2. The van der Waals surface area contributed by atoms with Gasteiger partial charge in [-0.2, -0.15) is 0 Å². The average molecular weight is 506 g/mol. The standard InChI is InChI=1S/C30H39N3O4/c1-8-19-33(26(27(34)31-21(3)4)24-18-14-13-17-23(24)9-2)28(35)25(20-22-15-11-10-12-16-22)32-29(36)37-30(5,6)7/h2,10-18,21,25-26H,8,19-20H2,1,3-7H3,(H,31,34)(H,32,36). The van der Waals surface area contributed by atoms with Crippen LogP contribution in [-0.2, 0) is 20.7 Å². The maximum absolute atomic E-state index is 14.2. The number of hydrogen-bond donors (Lipinski definition) is 2. The van der Waals surface area contributed by atoms with Crippen LogP contribution in [0.1, 0.15) is 70.7 Å². The SMILES string of the molecule is C#Cc1ccccc1C(C(=O)NC(C)C)N(CCC)C(=O)C(Cc1ccccc1)NC(=O)OC(C)(C)C. The Morgan fingerprint density at radius 2 is 1.62 bits per heavy atom. The van der Waals surface area contributed by atoms with Crippen molar-refractivity contribution in [1.82, 2.24) is 15.5 Å². The summed E-state index contributed by atoms with van der Waals surface area (Å²) in [7, 11) is 0. The Bertz CT molecular complexity index is 1100. The average Bonchev–Trinajstić information content (AvgIpc) is 2.82. The van der Waals surface area contributed by atoms with E-state index in [4.69, 9.17) is 11.2 Å². The molecule has 2 rings (SSSR count). The highest BCUT2D eigenvalue weighted by Gasteiger charge is 2.37. The lowest BCUT2D eigenvalue weighted by Crippen LogP contribution is -2.54. The molecule has 2 atom stereocenters. The summed E-state index contributed by atoms with van der Waals surface area (Å²) in [6.45, 7) is 11.2. The number of carbonyl (C=O) groups is 3. The third-order valence-electron chi connectivity index (χ3n) is 5.42. The van der Waals surface area contributed by atoms with Gasteiger partial charge in [-0.15, -0.1) is 6.42 Å². The summed E-state index contributed by atoms with van der Waals surface area (Å²) in [5.41, 5.74) is 1.21. The molecule has 0 aliphatic rings. The Balaban J connectivity index is 2.56. The van der Waals surface area contributed by atoms with Crippen molar-refractivity contribution in [3.05, 3.63) is 71.3 Å². The molecule has 2 N–H and O–H groups in total. The van der Waals surface area contributed by atoms with Gasteiger partial charge in [0.15, 0.2) is 0 Å². The molecular formula is C30H39N3O4. The van der Waals surface area contributed by atoms with Crippen LogP contribution in [-0.4, -0.2) is 47.0 Å².